The summed E-state index contributed by atoms with van der Waals surface area (Å²) in [5.74, 6) is 3.04. The van der Waals surface area contributed by atoms with Crippen LogP contribution in [0.4, 0.5) is 0 Å². The monoisotopic (exact) mass is 412 g/mol. The number of nitrogens with one attached hydrogen (secondary N) is 2. The number of ether oxygens (including phenoxy) is 2. The summed E-state index contributed by atoms with van der Waals surface area (Å²) < 4.78 is 10.9. The van der Waals surface area contributed by atoms with Gasteiger partial charge in [0.05, 0.1) is 12.4 Å². The van der Waals surface area contributed by atoms with Gasteiger partial charge in [0.25, 0.3) is 5.56 Å². The molecule has 3 heterocycles. The summed E-state index contributed by atoms with van der Waals surface area (Å²) in [4.78, 5) is 24.4. The lowest BCUT2D eigenvalue weighted by Crippen LogP contribution is -3.07. The van der Waals surface area contributed by atoms with E-state index in [0.717, 1.165) is 53.3 Å². The molecule has 0 bridgehead atoms. The highest BCUT2D eigenvalue weighted by Gasteiger charge is 2.26. The van der Waals surface area contributed by atoms with E-state index in [9.17, 15) is 4.79 Å². The third kappa shape index (κ3) is 3.32. The van der Waals surface area contributed by atoms with E-state index >= 15 is 0 Å². The minimum Gasteiger partial charge on any atom is -0.454 e. The van der Waals surface area contributed by atoms with Gasteiger partial charge in [-0.15, -0.1) is 11.3 Å². The van der Waals surface area contributed by atoms with E-state index in [4.69, 9.17) is 14.5 Å². The Balaban J connectivity index is 1.41. The lowest BCUT2D eigenvalue weighted by atomic mass is 9.89. The Morgan fingerprint density at radius 2 is 2.17 bits per heavy atom. The van der Waals surface area contributed by atoms with Crippen LogP contribution in [-0.2, 0) is 19.4 Å². The first-order valence-corrected chi connectivity index (χ1v) is 11.1. The smallest absolute Gasteiger partial charge is 0.260 e. The van der Waals surface area contributed by atoms with E-state index in [2.05, 4.69) is 31.9 Å². The molecule has 0 saturated heterocycles. The van der Waals surface area contributed by atoms with Gasteiger partial charge in [-0.05, 0) is 55.9 Å². The molecule has 0 fully saturated rings. The van der Waals surface area contributed by atoms with Gasteiger partial charge in [0.15, 0.2) is 17.3 Å². The molecule has 3 atom stereocenters. The lowest BCUT2D eigenvalue weighted by molar-refractivity contribution is -0.924. The summed E-state index contributed by atoms with van der Waals surface area (Å²) in [6.45, 7) is 5.49. The number of H-pyrrole nitrogens is 1. The van der Waals surface area contributed by atoms with Crippen LogP contribution in [-0.4, -0.2) is 23.8 Å². The largest absolute Gasteiger partial charge is 0.454 e. The molecule has 2 aliphatic rings. The minimum absolute atomic E-state index is 0.0137. The predicted octanol–water partition coefficient (Wildman–Crippen LogP) is 2.61. The zero-order chi connectivity index (χ0) is 20.1. The first-order chi connectivity index (χ1) is 14.0. The van der Waals surface area contributed by atoms with Crippen molar-refractivity contribution in [2.24, 2.45) is 5.92 Å². The third-order valence-electron chi connectivity index (χ3n) is 6.25. The normalized spacial score (nSPS) is 19.9. The van der Waals surface area contributed by atoms with Crippen molar-refractivity contribution in [1.82, 2.24) is 9.97 Å². The number of aromatic amines is 1. The van der Waals surface area contributed by atoms with E-state index < -0.39 is 0 Å². The van der Waals surface area contributed by atoms with Gasteiger partial charge >= 0.3 is 0 Å². The van der Waals surface area contributed by atoms with E-state index in [-0.39, 0.29) is 18.4 Å². The van der Waals surface area contributed by atoms with Gasteiger partial charge in [-0.3, -0.25) is 4.79 Å². The predicted molar refractivity (Wildman–Crippen MR) is 113 cm³/mol. The van der Waals surface area contributed by atoms with Crippen LogP contribution in [0.1, 0.15) is 48.1 Å². The topological polar surface area (TPSA) is 68.7 Å². The van der Waals surface area contributed by atoms with Crippen molar-refractivity contribution in [2.45, 2.75) is 45.7 Å². The van der Waals surface area contributed by atoms with Gasteiger partial charge in [0, 0.05) is 10.4 Å². The average Bonchev–Trinajstić information content (AvgIpc) is 3.30. The molecule has 2 aromatic heterocycles. The van der Waals surface area contributed by atoms with Crippen molar-refractivity contribution in [1.29, 1.82) is 0 Å². The molecule has 29 heavy (non-hydrogen) atoms. The fourth-order valence-corrected chi connectivity index (χ4v) is 5.72. The van der Waals surface area contributed by atoms with Gasteiger partial charge < -0.3 is 19.4 Å². The molecule has 1 aliphatic carbocycles. The average molecular weight is 413 g/mol. The second-order valence-electron chi connectivity index (χ2n) is 8.42. The highest BCUT2D eigenvalue weighted by atomic mass is 32.1. The summed E-state index contributed by atoms with van der Waals surface area (Å²) in [5, 5.41) is 0.821. The molecule has 1 unspecified atom stereocenters. The highest BCUT2D eigenvalue weighted by Crippen LogP contribution is 2.36. The van der Waals surface area contributed by atoms with E-state index in [1.165, 1.54) is 20.9 Å². The van der Waals surface area contributed by atoms with Crippen LogP contribution in [0.25, 0.3) is 10.2 Å². The molecule has 5 rings (SSSR count). The van der Waals surface area contributed by atoms with Gasteiger partial charge in [-0.25, -0.2) is 4.98 Å². The number of aryl methyl sites for hydroxylation is 1. The van der Waals surface area contributed by atoms with Gasteiger partial charge in [0.2, 0.25) is 6.79 Å². The lowest BCUT2D eigenvalue weighted by Gasteiger charge is -2.21. The van der Waals surface area contributed by atoms with Gasteiger partial charge in [-0.1, -0.05) is 6.92 Å². The SMILES string of the molecule is C[C@@H]1CCc2c(sc3nc([C@H](C)[NH+](C)Cc4ccc5c(c4)OCO5)[nH]c(=O)c23)C1. The second kappa shape index (κ2) is 7.15. The first kappa shape index (κ1) is 18.6. The van der Waals surface area contributed by atoms with Crippen LogP contribution >= 0.6 is 11.3 Å². The maximum Gasteiger partial charge on any atom is 0.260 e. The molecule has 1 aliphatic heterocycles. The number of aromatic nitrogens is 2. The number of fused-ring (bicyclic) bond motifs is 4. The summed E-state index contributed by atoms with van der Waals surface area (Å²) >= 11 is 1.71. The maximum atomic E-state index is 12.9. The van der Waals surface area contributed by atoms with Gasteiger partial charge in [0.1, 0.15) is 17.4 Å². The van der Waals surface area contributed by atoms with Crippen LogP contribution in [0.5, 0.6) is 11.5 Å². The van der Waals surface area contributed by atoms with E-state index in [1.54, 1.807) is 11.3 Å². The van der Waals surface area contributed by atoms with E-state index in [0.29, 0.717) is 5.92 Å². The van der Waals surface area contributed by atoms with Crippen LogP contribution in [0.15, 0.2) is 23.0 Å². The van der Waals surface area contributed by atoms with Crippen molar-refractivity contribution in [3.05, 3.63) is 50.4 Å². The fourth-order valence-electron chi connectivity index (χ4n) is 4.33. The quantitative estimate of drug-likeness (QED) is 0.691. The van der Waals surface area contributed by atoms with E-state index in [1.807, 2.05) is 12.1 Å². The standard InChI is InChI=1S/C22H25N3O3S/c1-12-4-6-15-18(8-12)29-22-19(15)21(26)23-20(24-22)13(2)25(3)10-14-5-7-16-17(9-14)28-11-27-16/h5,7,9,12-13H,4,6,8,10-11H2,1-3H3,(H,23,24,26)/p+1/t12-,13+/m1/s1. The van der Waals surface area contributed by atoms with Crippen molar-refractivity contribution in [3.63, 3.8) is 0 Å². The molecule has 6 nitrogen and oxygen atoms in total. The molecular weight excluding hydrogens is 386 g/mol. The molecule has 3 aromatic rings. The van der Waals surface area contributed by atoms with Gasteiger partial charge in [-0.2, -0.15) is 0 Å². The Hall–Kier alpha value is -2.38. The Bertz CT molecular complexity index is 1140. The second-order valence-corrected chi connectivity index (χ2v) is 9.50. The molecule has 0 saturated carbocycles. The van der Waals surface area contributed by atoms with Crippen molar-refractivity contribution in [3.8, 4) is 11.5 Å². The Morgan fingerprint density at radius 3 is 3.03 bits per heavy atom. The van der Waals surface area contributed by atoms with Crippen LogP contribution in [0.3, 0.4) is 0 Å². The van der Waals surface area contributed by atoms with Crippen LogP contribution < -0.4 is 19.9 Å². The number of thiophene rings is 1. The molecular formula is C22H26N3O3S+. The molecule has 0 spiro atoms. The zero-order valence-corrected chi connectivity index (χ0v) is 17.8. The minimum atomic E-state index is 0.0137. The number of hydrogen-bond acceptors (Lipinski definition) is 5. The molecule has 0 amide bonds. The molecule has 0 radical (unpaired) electrons. The number of nitrogens with zero attached hydrogens (tertiary/aromatic N) is 1. The number of rotatable bonds is 4. The summed E-state index contributed by atoms with van der Waals surface area (Å²) in [5.41, 5.74) is 2.42. The van der Waals surface area contributed by atoms with Crippen molar-refractivity contribution in [2.75, 3.05) is 13.8 Å². The van der Waals surface area contributed by atoms with Crippen LogP contribution in [0.2, 0.25) is 0 Å². The Morgan fingerprint density at radius 1 is 1.34 bits per heavy atom. The number of hydrogen-bond donors (Lipinski definition) is 2. The number of benzene rings is 1. The number of quaternary nitrogens is 1. The summed E-state index contributed by atoms with van der Waals surface area (Å²) in [7, 11) is 2.13. The van der Waals surface area contributed by atoms with Crippen LogP contribution in [0, 0.1) is 5.92 Å². The molecule has 152 valence electrons. The molecule has 7 heteroatoms. The molecule has 2 N–H and O–H groups in total. The van der Waals surface area contributed by atoms with Crippen molar-refractivity contribution >= 4 is 21.6 Å². The fraction of sp³-hybridized carbons (Fsp3) is 0.455. The zero-order valence-electron chi connectivity index (χ0n) is 17.0. The third-order valence-corrected chi connectivity index (χ3v) is 7.40. The van der Waals surface area contributed by atoms with Crippen molar-refractivity contribution < 1.29 is 14.4 Å². The highest BCUT2D eigenvalue weighted by molar-refractivity contribution is 7.18. The maximum absolute atomic E-state index is 12.9. The summed E-state index contributed by atoms with van der Waals surface area (Å²) in [6, 6.07) is 6.12. The Labute approximate surface area is 173 Å². The Kier molecular flexibility index (Phi) is 4.59. The summed E-state index contributed by atoms with van der Waals surface area (Å²) in [6.07, 6.45) is 3.21. The molecule has 1 aromatic carbocycles. The first-order valence-electron chi connectivity index (χ1n) is 10.2.